The maximum absolute atomic E-state index is 11.3. The van der Waals surface area contributed by atoms with Crippen LogP contribution >= 0.6 is 0 Å². The summed E-state index contributed by atoms with van der Waals surface area (Å²) in [5.41, 5.74) is 0. The standard InChI is InChI=1S/3C5H5F3O2.Cr/c3*1-3(9)2-4(10)5(6,7)8;/h3*2,9H,1H3;/b2*3-2+;3-2-;. The summed E-state index contributed by atoms with van der Waals surface area (Å²) in [7, 11) is 0. The molecule has 6 nitrogen and oxygen atoms in total. The van der Waals surface area contributed by atoms with Gasteiger partial charge < -0.3 is 15.3 Å². The molecule has 16 heteroatoms. The minimum absolute atomic E-state index is 0. The first kappa shape index (κ1) is 35.9. The van der Waals surface area contributed by atoms with Gasteiger partial charge in [0.25, 0.3) is 17.3 Å². The van der Waals surface area contributed by atoms with E-state index < -0.39 is 53.2 Å². The van der Waals surface area contributed by atoms with Crippen molar-refractivity contribution in [2.24, 2.45) is 0 Å². The maximum Gasteiger partial charge on any atom is 0.454 e. The van der Waals surface area contributed by atoms with E-state index in [1.165, 1.54) is 0 Å². The molecule has 0 saturated heterocycles. The molecule has 0 radical (unpaired) electrons. The second-order valence-electron chi connectivity index (χ2n) is 4.94. The molecule has 0 aliphatic rings. The Bertz CT molecular complexity index is 594. The van der Waals surface area contributed by atoms with Gasteiger partial charge in [-0.1, -0.05) is 0 Å². The molecule has 0 amide bonds. The van der Waals surface area contributed by atoms with Crippen molar-refractivity contribution in [3.8, 4) is 0 Å². The van der Waals surface area contributed by atoms with Crippen LogP contribution in [0.15, 0.2) is 35.5 Å². The van der Waals surface area contributed by atoms with Gasteiger partial charge in [0.2, 0.25) is 0 Å². The summed E-state index contributed by atoms with van der Waals surface area (Å²) in [5, 5.41) is 24.7. The number of carbonyl (C=O) groups excluding carboxylic acids is 3. The van der Waals surface area contributed by atoms with Crippen molar-refractivity contribution in [1.29, 1.82) is 0 Å². The Labute approximate surface area is 179 Å². The van der Waals surface area contributed by atoms with Crippen molar-refractivity contribution in [2.45, 2.75) is 39.3 Å². The second kappa shape index (κ2) is 14.5. The van der Waals surface area contributed by atoms with E-state index in [1.807, 2.05) is 0 Å². The Kier molecular flexibility index (Phi) is 16.8. The van der Waals surface area contributed by atoms with Crippen LogP contribution in [0.1, 0.15) is 20.8 Å². The van der Waals surface area contributed by atoms with Gasteiger partial charge in [-0.3, -0.25) is 14.4 Å². The van der Waals surface area contributed by atoms with Crippen LogP contribution in [0.4, 0.5) is 39.5 Å². The third-order valence-electron chi connectivity index (χ3n) is 1.86. The molecule has 180 valence electrons. The van der Waals surface area contributed by atoms with Crippen LogP contribution in [0, 0.1) is 0 Å². The number of aliphatic hydroxyl groups is 3. The van der Waals surface area contributed by atoms with Crippen LogP contribution in [-0.4, -0.2) is 51.2 Å². The average molecular weight is 514 g/mol. The van der Waals surface area contributed by atoms with Crippen LogP contribution in [0.3, 0.4) is 0 Å². The van der Waals surface area contributed by atoms with Gasteiger partial charge in [0, 0.05) is 35.6 Å². The number of hydrogen-bond acceptors (Lipinski definition) is 6. The Morgan fingerprint density at radius 1 is 0.516 bits per heavy atom. The zero-order valence-corrected chi connectivity index (χ0v) is 16.9. The molecular weight excluding hydrogens is 499 g/mol. The minimum Gasteiger partial charge on any atom is -0.512 e. The van der Waals surface area contributed by atoms with Gasteiger partial charge >= 0.3 is 18.5 Å². The van der Waals surface area contributed by atoms with Crippen LogP contribution < -0.4 is 0 Å². The normalized spacial score (nSPS) is 13.0. The maximum atomic E-state index is 11.3. The molecule has 0 aliphatic carbocycles. The summed E-state index contributed by atoms with van der Waals surface area (Å²) in [5.74, 6) is -8.10. The van der Waals surface area contributed by atoms with Gasteiger partial charge in [0.05, 0.1) is 17.3 Å². The minimum atomic E-state index is -4.88. The molecule has 0 aromatic heterocycles. The van der Waals surface area contributed by atoms with E-state index in [0.717, 1.165) is 20.8 Å². The van der Waals surface area contributed by atoms with Gasteiger partial charge in [-0.05, 0) is 20.8 Å². The van der Waals surface area contributed by atoms with Crippen LogP contribution in [0.25, 0.3) is 0 Å². The molecule has 0 saturated carbocycles. The van der Waals surface area contributed by atoms with Gasteiger partial charge in [0.1, 0.15) is 0 Å². The molecule has 0 fully saturated rings. The van der Waals surface area contributed by atoms with E-state index in [2.05, 4.69) is 0 Å². The van der Waals surface area contributed by atoms with Crippen molar-refractivity contribution in [3.63, 3.8) is 0 Å². The van der Waals surface area contributed by atoms with Crippen molar-refractivity contribution in [1.82, 2.24) is 0 Å². The predicted octanol–water partition coefficient (Wildman–Crippen LogP) is 4.74. The first-order valence-corrected chi connectivity index (χ1v) is 6.97. The van der Waals surface area contributed by atoms with Crippen LogP contribution in [0.2, 0.25) is 0 Å². The fourth-order valence-corrected chi connectivity index (χ4v) is 0.815. The van der Waals surface area contributed by atoms with E-state index in [0.29, 0.717) is 0 Å². The molecule has 0 heterocycles. The molecule has 0 atom stereocenters. The second-order valence-corrected chi connectivity index (χ2v) is 4.94. The number of allylic oxidation sites excluding steroid dienone is 6. The SMILES string of the molecule is C/C(O)=C/C(=O)C(F)(F)F.C/C(O)=C\C(=O)C(F)(F)F.C/C(O)=C\C(=O)C(F)(F)F.[Cr]. The molecule has 0 rings (SSSR count). The topological polar surface area (TPSA) is 112 Å². The van der Waals surface area contributed by atoms with E-state index in [-0.39, 0.29) is 35.6 Å². The van der Waals surface area contributed by atoms with Crippen molar-refractivity contribution < 1.29 is 86.6 Å². The predicted molar refractivity (Wildman–Crippen MR) is 82.3 cm³/mol. The first-order chi connectivity index (χ1) is 13.0. The molecule has 0 aromatic carbocycles. The number of ketones is 3. The summed E-state index contributed by atoms with van der Waals surface area (Å²) in [6.45, 7) is 2.97. The molecule has 0 bridgehead atoms. The van der Waals surface area contributed by atoms with Crippen molar-refractivity contribution in [3.05, 3.63) is 35.5 Å². The van der Waals surface area contributed by atoms with Crippen molar-refractivity contribution in [2.75, 3.05) is 0 Å². The number of rotatable bonds is 3. The number of alkyl halides is 9. The van der Waals surface area contributed by atoms with Gasteiger partial charge in [-0.25, -0.2) is 0 Å². The average Bonchev–Trinajstić information content (AvgIpc) is 2.43. The number of carbonyl (C=O) groups is 3. The molecule has 31 heavy (non-hydrogen) atoms. The summed E-state index contributed by atoms with van der Waals surface area (Å²) in [6.07, 6.45) is -14.3. The van der Waals surface area contributed by atoms with E-state index in [1.54, 1.807) is 0 Å². The van der Waals surface area contributed by atoms with Crippen LogP contribution in [-0.2, 0) is 31.7 Å². The fraction of sp³-hybridized carbons (Fsp3) is 0.400. The molecule has 0 aromatic rings. The Balaban J connectivity index is -0.000000174. The quantitative estimate of drug-likeness (QED) is 0.285. The molecule has 0 aliphatic heterocycles. The zero-order chi connectivity index (χ0) is 25.1. The summed E-state index contributed by atoms with van der Waals surface area (Å²) >= 11 is 0. The fourth-order valence-electron chi connectivity index (χ4n) is 0.815. The van der Waals surface area contributed by atoms with E-state index in [9.17, 15) is 53.9 Å². The Morgan fingerprint density at radius 3 is 0.677 bits per heavy atom. The monoisotopic (exact) mass is 514 g/mol. The van der Waals surface area contributed by atoms with Crippen LogP contribution in [0.5, 0.6) is 0 Å². The third-order valence-corrected chi connectivity index (χ3v) is 1.86. The van der Waals surface area contributed by atoms with Gasteiger partial charge in [0.15, 0.2) is 0 Å². The number of halogens is 9. The summed E-state index contributed by atoms with van der Waals surface area (Å²) < 4.78 is 102. The molecule has 3 N–H and O–H groups in total. The number of aliphatic hydroxyl groups excluding tert-OH is 3. The molecular formula is C15H15CrF9O6. The summed E-state index contributed by atoms with van der Waals surface area (Å²) in [4.78, 5) is 29.7. The smallest absolute Gasteiger partial charge is 0.454 e. The molecule has 0 unspecified atom stereocenters. The number of hydrogen-bond donors (Lipinski definition) is 3. The van der Waals surface area contributed by atoms with Gasteiger partial charge in [-0.15, -0.1) is 0 Å². The van der Waals surface area contributed by atoms with Crippen molar-refractivity contribution >= 4 is 17.3 Å². The first-order valence-electron chi connectivity index (χ1n) is 6.97. The zero-order valence-electron chi connectivity index (χ0n) is 15.6. The largest absolute Gasteiger partial charge is 0.512 e. The van der Waals surface area contributed by atoms with Gasteiger partial charge in [-0.2, -0.15) is 39.5 Å². The van der Waals surface area contributed by atoms with E-state index in [4.69, 9.17) is 15.3 Å². The Hall–Kier alpha value is -2.47. The Morgan fingerprint density at radius 2 is 0.645 bits per heavy atom. The molecule has 0 spiro atoms. The van der Waals surface area contributed by atoms with E-state index >= 15 is 0 Å². The third kappa shape index (κ3) is 23.7. The summed E-state index contributed by atoms with van der Waals surface area (Å²) in [6, 6.07) is 0.